The quantitative estimate of drug-likeness (QED) is 0.500. The molecule has 8 nitrogen and oxygen atoms in total. The molecular formula is C24H30N4O4. The van der Waals surface area contributed by atoms with E-state index in [1.807, 2.05) is 62.8 Å². The third kappa shape index (κ3) is 4.69. The molecule has 0 saturated heterocycles. The van der Waals surface area contributed by atoms with Crippen LogP contribution >= 0.6 is 0 Å². The molecular weight excluding hydrogens is 408 g/mol. The van der Waals surface area contributed by atoms with Crippen LogP contribution in [0.5, 0.6) is 5.75 Å². The van der Waals surface area contributed by atoms with Crippen molar-refractivity contribution >= 4 is 17.6 Å². The Hall–Kier alpha value is -3.55. The van der Waals surface area contributed by atoms with Gasteiger partial charge in [-0.05, 0) is 51.5 Å². The predicted molar refractivity (Wildman–Crippen MR) is 122 cm³/mol. The minimum Gasteiger partial charge on any atom is -0.497 e. The summed E-state index contributed by atoms with van der Waals surface area (Å²) in [6, 6.07) is 9.17. The number of aromatic nitrogens is 3. The molecule has 0 aliphatic heterocycles. The van der Waals surface area contributed by atoms with E-state index in [-0.39, 0.29) is 24.5 Å². The molecule has 0 unspecified atom stereocenters. The van der Waals surface area contributed by atoms with Gasteiger partial charge in [-0.25, -0.2) is 4.79 Å². The summed E-state index contributed by atoms with van der Waals surface area (Å²) >= 11 is 0. The second-order valence-corrected chi connectivity index (χ2v) is 7.68. The first kappa shape index (κ1) is 23.1. The molecule has 0 N–H and O–H groups in total. The lowest BCUT2D eigenvalue weighted by molar-refractivity contribution is -0.119. The second-order valence-electron chi connectivity index (χ2n) is 7.68. The maximum atomic E-state index is 13.6. The van der Waals surface area contributed by atoms with Crippen molar-refractivity contribution in [3.63, 3.8) is 0 Å². The molecule has 170 valence electrons. The topological polar surface area (TPSA) is 78.6 Å². The fraction of sp³-hybridized carbons (Fsp3) is 0.375. The van der Waals surface area contributed by atoms with Crippen molar-refractivity contribution < 1.29 is 19.1 Å². The normalized spacial score (nSPS) is 11.8. The molecule has 0 saturated carbocycles. The molecule has 0 fully saturated rings. The van der Waals surface area contributed by atoms with Gasteiger partial charge in [0.15, 0.2) is 0 Å². The average molecular weight is 439 g/mol. The fourth-order valence-electron chi connectivity index (χ4n) is 3.84. The molecule has 3 aromatic rings. The Morgan fingerprint density at radius 2 is 1.97 bits per heavy atom. The second kappa shape index (κ2) is 9.72. The summed E-state index contributed by atoms with van der Waals surface area (Å²) < 4.78 is 14.0. The fourth-order valence-corrected chi connectivity index (χ4v) is 3.84. The molecule has 3 rings (SSSR count). The van der Waals surface area contributed by atoms with E-state index < -0.39 is 0 Å². The SMILES string of the molecule is CCOC(=O)c1cc(C)n(CC(=O)N(c2cnn(C)c2)[C@H](C)c2cccc(OC)c2)c1C. The predicted octanol–water partition coefficient (Wildman–Crippen LogP) is 3.82. The van der Waals surface area contributed by atoms with E-state index in [1.165, 1.54) is 0 Å². The van der Waals surface area contributed by atoms with Gasteiger partial charge in [-0.2, -0.15) is 5.10 Å². The van der Waals surface area contributed by atoms with Crippen LogP contribution in [0.2, 0.25) is 0 Å². The number of carbonyl (C=O) groups is 2. The van der Waals surface area contributed by atoms with Crippen molar-refractivity contribution in [3.8, 4) is 5.75 Å². The standard InChI is InChI=1S/C24H30N4O4/c1-7-32-24(30)22-11-16(2)27(18(22)4)15-23(29)28(20-13-25-26(5)14-20)17(3)19-9-8-10-21(12-19)31-6/h8-14,17H,7,15H2,1-6H3/t17-/m1/s1. The van der Waals surface area contributed by atoms with Crippen molar-refractivity contribution in [2.45, 2.75) is 40.3 Å². The highest BCUT2D eigenvalue weighted by Crippen LogP contribution is 2.29. The molecule has 0 aliphatic carbocycles. The zero-order valence-electron chi connectivity index (χ0n) is 19.5. The highest BCUT2D eigenvalue weighted by atomic mass is 16.5. The molecule has 0 spiro atoms. The van der Waals surface area contributed by atoms with Crippen LogP contribution in [0, 0.1) is 13.8 Å². The van der Waals surface area contributed by atoms with Gasteiger partial charge in [0, 0.05) is 24.6 Å². The van der Waals surface area contributed by atoms with E-state index in [1.54, 1.807) is 35.9 Å². The first-order valence-corrected chi connectivity index (χ1v) is 10.5. The first-order chi connectivity index (χ1) is 15.3. The van der Waals surface area contributed by atoms with Crippen LogP contribution < -0.4 is 9.64 Å². The molecule has 1 aromatic carbocycles. The summed E-state index contributed by atoms with van der Waals surface area (Å²) in [5.41, 5.74) is 3.63. The molecule has 2 aromatic heterocycles. The number of hydrogen-bond acceptors (Lipinski definition) is 5. The van der Waals surface area contributed by atoms with Gasteiger partial charge in [0.05, 0.1) is 37.2 Å². The van der Waals surface area contributed by atoms with Gasteiger partial charge >= 0.3 is 5.97 Å². The minimum absolute atomic E-state index is 0.0836. The third-order valence-electron chi connectivity index (χ3n) is 5.56. The highest BCUT2D eigenvalue weighted by molar-refractivity contribution is 5.95. The number of carbonyl (C=O) groups excluding carboxylic acids is 2. The average Bonchev–Trinajstić information content (AvgIpc) is 3.32. The van der Waals surface area contributed by atoms with Crippen molar-refractivity contribution in [2.24, 2.45) is 7.05 Å². The van der Waals surface area contributed by atoms with E-state index >= 15 is 0 Å². The molecule has 0 aliphatic rings. The van der Waals surface area contributed by atoms with Crippen LogP contribution in [0.25, 0.3) is 0 Å². The third-order valence-corrected chi connectivity index (χ3v) is 5.56. The Balaban J connectivity index is 1.96. The number of rotatable bonds is 8. The maximum Gasteiger partial charge on any atom is 0.339 e. The number of nitrogens with zero attached hydrogens (tertiary/aromatic N) is 4. The van der Waals surface area contributed by atoms with Gasteiger partial charge in [-0.3, -0.25) is 9.48 Å². The number of amides is 1. The van der Waals surface area contributed by atoms with E-state index in [0.29, 0.717) is 23.6 Å². The molecule has 1 atom stereocenters. The Morgan fingerprint density at radius 3 is 2.59 bits per heavy atom. The van der Waals surface area contributed by atoms with Gasteiger partial charge in [0.2, 0.25) is 5.91 Å². The smallest absolute Gasteiger partial charge is 0.339 e. The lowest BCUT2D eigenvalue weighted by atomic mass is 10.1. The molecule has 0 radical (unpaired) electrons. The van der Waals surface area contributed by atoms with Crippen LogP contribution in [0.15, 0.2) is 42.7 Å². The lowest BCUT2D eigenvalue weighted by Gasteiger charge is -2.29. The monoisotopic (exact) mass is 438 g/mol. The number of hydrogen-bond donors (Lipinski definition) is 0. The summed E-state index contributed by atoms with van der Waals surface area (Å²) in [4.78, 5) is 27.6. The summed E-state index contributed by atoms with van der Waals surface area (Å²) in [5.74, 6) is 0.225. The summed E-state index contributed by atoms with van der Waals surface area (Å²) in [7, 11) is 3.43. The summed E-state index contributed by atoms with van der Waals surface area (Å²) in [6.45, 7) is 7.83. The number of esters is 1. The Labute approximate surface area is 188 Å². The minimum atomic E-state index is -0.381. The lowest BCUT2D eigenvalue weighted by Crippen LogP contribution is -2.36. The van der Waals surface area contributed by atoms with Crippen molar-refractivity contribution in [3.05, 3.63) is 65.2 Å². The van der Waals surface area contributed by atoms with Crippen LogP contribution in [0.1, 0.15) is 47.2 Å². The number of ether oxygens (including phenoxy) is 2. The van der Waals surface area contributed by atoms with Gasteiger partial charge in [0.25, 0.3) is 0 Å². The van der Waals surface area contributed by atoms with Crippen LogP contribution in [-0.2, 0) is 23.1 Å². The van der Waals surface area contributed by atoms with Crippen LogP contribution in [0.3, 0.4) is 0 Å². The van der Waals surface area contributed by atoms with Gasteiger partial charge < -0.3 is 18.9 Å². The van der Waals surface area contributed by atoms with Crippen LogP contribution in [0.4, 0.5) is 5.69 Å². The zero-order valence-corrected chi connectivity index (χ0v) is 19.5. The number of aryl methyl sites for hydroxylation is 2. The zero-order chi connectivity index (χ0) is 23.4. The summed E-state index contributed by atoms with van der Waals surface area (Å²) in [5, 5.41) is 4.25. The Kier molecular flexibility index (Phi) is 7.02. The number of methoxy groups -OCH3 is 1. The Bertz CT molecular complexity index is 1120. The van der Waals surface area contributed by atoms with Crippen molar-refractivity contribution in [1.82, 2.24) is 14.3 Å². The highest BCUT2D eigenvalue weighted by Gasteiger charge is 2.27. The molecule has 2 heterocycles. The number of anilines is 1. The van der Waals surface area contributed by atoms with Crippen molar-refractivity contribution in [1.29, 1.82) is 0 Å². The molecule has 32 heavy (non-hydrogen) atoms. The summed E-state index contributed by atoms with van der Waals surface area (Å²) in [6.07, 6.45) is 3.49. The molecule has 1 amide bonds. The van der Waals surface area contributed by atoms with Crippen LogP contribution in [-0.4, -0.2) is 39.9 Å². The van der Waals surface area contributed by atoms with Gasteiger partial charge in [-0.15, -0.1) is 0 Å². The number of benzene rings is 1. The molecule has 8 heteroatoms. The Morgan fingerprint density at radius 1 is 1.22 bits per heavy atom. The largest absolute Gasteiger partial charge is 0.497 e. The molecule has 0 bridgehead atoms. The maximum absolute atomic E-state index is 13.6. The van der Waals surface area contributed by atoms with E-state index in [2.05, 4.69) is 5.10 Å². The van der Waals surface area contributed by atoms with E-state index in [4.69, 9.17) is 9.47 Å². The first-order valence-electron chi connectivity index (χ1n) is 10.5. The van der Waals surface area contributed by atoms with Crippen molar-refractivity contribution in [2.75, 3.05) is 18.6 Å². The van der Waals surface area contributed by atoms with Gasteiger partial charge in [0.1, 0.15) is 12.3 Å². The van der Waals surface area contributed by atoms with Gasteiger partial charge in [-0.1, -0.05) is 12.1 Å². The van der Waals surface area contributed by atoms with E-state index in [0.717, 1.165) is 17.0 Å². The van der Waals surface area contributed by atoms with E-state index in [9.17, 15) is 9.59 Å².